The van der Waals surface area contributed by atoms with E-state index in [0.717, 1.165) is 3.57 Å². The topological polar surface area (TPSA) is 96.9 Å². The number of carbonyl (C=O) groups is 3. The van der Waals surface area contributed by atoms with E-state index in [1.807, 2.05) is 12.1 Å². The first-order chi connectivity index (χ1) is 15.4. The molecule has 2 N–H and O–H groups in total. The van der Waals surface area contributed by atoms with Crippen LogP contribution >= 0.6 is 34.2 Å². The minimum absolute atomic E-state index is 0.230. The van der Waals surface area contributed by atoms with Gasteiger partial charge in [0.2, 0.25) is 0 Å². The van der Waals surface area contributed by atoms with Crippen LogP contribution in [0.25, 0.3) is 0 Å². The summed E-state index contributed by atoms with van der Waals surface area (Å²) in [4.78, 5) is 36.1. The predicted molar refractivity (Wildman–Crippen MR) is 130 cm³/mol. The van der Waals surface area contributed by atoms with Crippen LogP contribution in [0.15, 0.2) is 77.9 Å². The Morgan fingerprint density at radius 2 is 1.66 bits per heavy atom. The van der Waals surface area contributed by atoms with Crippen LogP contribution in [-0.2, 0) is 4.79 Å². The molecule has 0 aliphatic rings. The summed E-state index contributed by atoms with van der Waals surface area (Å²) in [6.07, 6.45) is 1.44. The van der Waals surface area contributed by atoms with Gasteiger partial charge in [-0.1, -0.05) is 23.7 Å². The van der Waals surface area contributed by atoms with Gasteiger partial charge in [0.15, 0.2) is 0 Å². The second kappa shape index (κ2) is 11.4. The standard InChI is InChI=1S/C23H17ClIN3O4/c24-17-9-7-16(8-10-17)22(30)26-14-21(29)28-27-13-15-5-11-18(12-6-15)32-23(31)19-3-1-2-4-20(19)25/h1-13H,14H2,(H,26,30)(H,28,29)/b27-13-. The van der Waals surface area contributed by atoms with Crippen LogP contribution in [0, 0.1) is 3.57 Å². The van der Waals surface area contributed by atoms with E-state index in [9.17, 15) is 14.4 Å². The maximum Gasteiger partial charge on any atom is 0.344 e. The average Bonchev–Trinajstić information content (AvgIpc) is 2.79. The highest BCUT2D eigenvalue weighted by Crippen LogP contribution is 2.17. The first kappa shape index (κ1) is 23.4. The molecule has 162 valence electrons. The Balaban J connectivity index is 1.45. The van der Waals surface area contributed by atoms with Crippen molar-refractivity contribution in [1.82, 2.24) is 10.7 Å². The molecule has 0 heterocycles. The van der Waals surface area contributed by atoms with E-state index >= 15 is 0 Å². The molecule has 0 spiro atoms. The van der Waals surface area contributed by atoms with Gasteiger partial charge in [0.05, 0.1) is 18.3 Å². The lowest BCUT2D eigenvalue weighted by Crippen LogP contribution is -2.34. The third-order valence-electron chi connectivity index (χ3n) is 4.10. The summed E-state index contributed by atoms with van der Waals surface area (Å²) < 4.78 is 6.18. The average molecular weight is 562 g/mol. The summed E-state index contributed by atoms with van der Waals surface area (Å²) in [6.45, 7) is -0.230. The van der Waals surface area contributed by atoms with E-state index in [-0.39, 0.29) is 6.54 Å². The zero-order chi connectivity index (χ0) is 22.9. The van der Waals surface area contributed by atoms with Crippen molar-refractivity contribution in [1.29, 1.82) is 0 Å². The summed E-state index contributed by atoms with van der Waals surface area (Å²) in [6, 6.07) is 20.1. The Kier molecular flexibility index (Phi) is 8.34. The molecule has 0 bridgehead atoms. The van der Waals surface area contributed by atoms with Crippen molar-refractivity contribution in [2.24, 2.45) is 5.10 Å². The molecule has 0 saturated heterocycles. The van der Waals surface area contributed by atoms with Gasteiger partial charge in [0, 0.05) is 14.2 Å². The maximum absolute atomic E-state index is 12.2. The van der Waals surface area contributed by atoms with E-state index in [4.69, 9.17) is 16.3 Å². The lowest BCUT2D eigenvalue weighted by molar-refractivity contribution is -0.120. The van der Waals surface area contributed by atoms with Crippen LogP contribution in [0.2, 0.25) is 5.02 Å². The number of rotatable bonds is 7. The van der Waals surface area contributed by atoms with E-state index in [1.165, 1.54) is 6.21 Å². The Bertz CT molecular complexity index is 1150. The highest BCUT2D eigenvalue weighted by Gasteiger charge is 2.11. The minimum atomic E-state index is -0.480. The van der Waals surface area contributed by atoms with E-state index in [0.29, 0.717) is 27.5 Å². The molecule has 9 heteroatoms. The molecule has 0 aliphatic heterocycles. The van der Waals surface area contributed by atoms with Gasteiger partial charge >= 0.3 is 5.97 Å². The zero-order valence-corrected chi connectivity index (χ0v) is 19.5. The summed E-state index contributed by atoms with van der Waals surface area (Å²) in [5.41, 5.74) is 3.90. The number of hydrazone groups is 1. The van der Waals surface area contributed by atoms with Gasteiger partial charge in [-0.25, -0.2) is 10.2 Å². The van der Waals surface area contributed by atoms with E-state index < -0.39 is 17.8 Å². The Morgan fingerprint density at radius 1 is 0.969 bits per heavy atom. The molecular formula is C23H17ClIN3O4. The molecule has 2 amide bonds. The third kappa shape index (κ3) is 6.89. The molecule has 7 nitrogen and oxygen atoms in total. The summed E-state index contributed by atoms with van der Waals surface area (Å²) in [5.74, 6) is -0.923. The van der Waals surface area contributed by atoms with Crippen molar-refractivity contribution in [3.63, 3.8) is 0 Å². The predicted octanol–water partition coefficient (Wildman–Crippen LogP) is 4.04. The second-order valence-electron chi connectivity index (χ2n) is 6.42. The Labute approximate surface area is 202 Å². The van der Waals surface area contributed by atoms with Crippen LogP contribution in [-0.4, -0.2) is 30.5 Å². The number of halogens is 2. The van der Waals surface area contributed by atoms with Gasteiger partial charge in [0.25, 0.3) is 11.8 Å². The number of nitrogens with one attached hydrogen (secondary N) is 2. The number of ether oxygens (including phenoxy) is 1. The number of benzene rings is 3. The van der Waals surface area contributed by atoms with Gasteiger partial charge in [0.1, 0.15) is 5.75 Å². The maximum atomic E-state index is 12.2. The number of nitrogens with zero attached hydrogens (tertiary/aromatic N) is 1. The van der Waals surface area contributed by atoms with Crippen molar-refractivity contribution in [2.75, 3.05) is 6.54 Å². The summed E-state index contributed by atoms with van der Waals surface area (Å²) in [5, 5.41) is 6.86. The number of carbonyl (C=O) groups excluding carboxylic acids is 3. The van der Waals surface area contributed by atoms with Crippen molar-refractivity contribution < 1.29 is 19.1 Å². The fourth-order valence-electron chi connectivity index (χ4n) is 2.49. The monoisotopic (exact) mass is 561 g/mol. The molecule has 32 heavy (non-hydrogen) atoms. The van der Waals surface area contributed by atoms with Crippen LogP contribution in [0.3, 0.4) is 0 Å². The Hall–Kier alpha value is -3.24. The largest absolute Gasteiger partial charge is 0.423 e. The van der Waals surface area contributed by atoms with Gasteiger partial charge in [-0.15, -0.1) is 0 Å². The van der Waals surface area contributed by atoms with Crippen molar-refractivity contribution >= 4 is 58.2 Å². The zero-order valence-electron chi connectivity index (χ0n) is 16.5. The smallest absolute Gasteiger partial charge is 0.344 e. The van der Waals surface area contributed by atoms with E-state index in [1.54, 1.807) is 60.7 Å². The minimum Gasteiger partial charge on any atom is -0.423 e. The molecule has 0 radical (unpaired) electrons. The molecule has 0 aliphatic carbocycles. The molecular weight excluding hydrogens is 545 g/mol. The summed E-state index contributed by atoms with van der Waals surface area (Å²) >= 11 is 7.86. The van der Waals surface area contributed by atoms with Crippen LogP contribution in [0.5, 0.6) is 5.75 Å². The molecule has 3 aromatic rings. The third-order valence-corrected chi connectivity index (χ3v) is 5.30. The first-order valence-electron chi connectivity index (χ1n) is 9.35. The fraction of sp³-hybridized carbons (Fsp3) is 0.0435. The summed E-state index contributed by atoms with van der Waals surface area (Å²) in [7, 11) is 0. The SMILES string of the molecule is O=C(CNC(=O)c1ccc(Cl)cc1)N/N=C\c1ccc(OC(=O)c2ccccc2I)cc1. The van der Waals surface area contributed by atoms with Gasteiger partial charge in [-0.2, -0.15) is 5.10 Å². The second-order valence-corrected chi connectivity index (χ2v) is 8.02. The van der Waals surface area contributed by atoms with Gasteiger partial charge < -0.3 is 10.1 Å². The normalized spacial score (nSPS) is 10.6. The molecule has 3 aromatic carbocycles. The first-order valence-corrected chi connectivity index (χ1v) is 10.8. The van der Waals surface area contributed by atoms with E-state index in [2.05, 4.69) is 38.4 Å². The lowest BCUT2D eigenvalue weighted by Gasteiger charge is -2.06. The molecule has 3 rings (SSSR count). The number of esters is 1. The fourth-order valence-corrected chi connectivity index (χ4v) is 3.23. The van der Waals surface area contributed by atoms with Crippen molar-refractivity contribution in [2.45, 2.75) is 0 Å². The number of amides is 2. The van der Waals surface area contributed by atoms with Crippen LogP contribution in [0.1, 0.15) is 26.3 Å². The molecule has 0 saturated carbocycles. The highest BCUT2D eigenvalue weighted by molar-refractivity contribution is 14.1. The molecule has 0 atom stereocenters. The highest BCUT2D eigenvalue weighted by atomic mass is 127. The van der Waals surface area contributed by atoms with Crippen molar-refractivity contribution in [3.05, 3.63) is 98.1 Å². The van der Waals surface area contributed by atoms with Gasteiger partial charge in [-0.3, -0.25) is 9.59 Å². The number of hydrogen-bond donors (Lipinski definition) is 2. The van der Waals surface area contributed by atoms with Crippen LogP contribution < -0.4 is 15.5 Å². The molecule has 0 aromatic heterocycles. The quantitative estimate of drug-likeness (QED) is 0.150. The number of hydrogen-bond acceptors (Lipinski definition) is 5. The lowest BCUT2D eigenvalue weighted by atomic mass is 10.2. The van der Waals surface area contributed by atoms with Crippen LogP contribution in [0.4, 0.5) is 0 Å². The Morgan fingerprint density at radius 3 is 2.34 bits per heavy atom. The molecule has 0 unspecified atom stereocenters. The molecule has 0 fully saturated rings. The van der Waals surface area contributed by atoms with Crippen molar-refractivity contribution in [3.8, 4) is 5.75 Å². The van der Waals surface area contributed by atoms with Gasteiger partial charge in [-0.05, 0) is 88.8 Å².